The summed E-state index contributed by atoms with van der Waals surface area (Å²) in [6.45, 7) is 8.60. The molecule has 0 amide bonds. The van der Waals surface area contributed by atoms with Gasteiger partial charge in [-0.3, -0.25) is 9.05 Å². The highest BCUT2D eigenvalue weighted by atomic mass is 32.3. The number of allylic oxidation sites excluding steroid dienone is 1. The van der Waals surface area contributed by atoms with E-state index >= 15 is 0 Å². The van der Waals surface area contributed by atoms with Crippen LogP contribution in [-0.4, -0.2) is 54.5 Å². The van der Waals surface area contributed by atoms with Crippen molar-refractivity contribution in [3.63, 3.8) is 0 Å². The number of hydrogen-bond acceptors (Lipinski definition) is 8. The zero-order valence-electron chi connectivity index (χ0n) is 23.1. The fraction of sp³-hybridized carbons (Fsp3) is 0.640. The molecule has 3 unspecified atom stereocenters. The minimum atomic E-state index is -4.14. The lowest BCUT2D eigenvalue weighted by molar-refractivity contribution is 0.221. The molecule has 14 heteroatoms. The van der Waals surface area contributed by atoms with Gasteiger partial charge in [-0.05, 0) is 54.9 Å². The minimum absolute atomic E-state index is 0.351. The molecule has 8 nitrogen and oxygen atoms in total. The molecule has 1 aromatic rings. The third-order valence-corrected chi connectivity index (χ3v) is 12.8. The van der Waals surface area contributed by atoms with E-state index < -0.39 is 15.5 Å². The number of fused-ring (bicyclic) bond motifs is 1. The first kappa shape index (κ1) is 35.5. The van der Waals surface area contributed by atoms with Crippen molar-refractivity contribution in [2.45, 2.75) is 69.8 Å². The van der Waals surface area contributed by atoms with Gasteiger partial charge < -0.3 is 9.79 Å². The summed E-state index contributed by atoms with van der Waals surface area (Å²) in [7, 11) is -7.33. The summed E-state index contributed by atoms with van der Waals surface area (Å²) in [6.07, 6.45) is 8.03. The van der Waals surface area contributed by atoms with Gasteiger partial charge in [0.15, 0.2) is 0 Å². The van der Waals surface area contributed by atoms with Crippen LogP contribution in [-0.2, 0) is 18.2 Å². The van der Waals surface area contributed by atoms with Gasteiger partial charge in [0.2, 0.25) is 0 Å². The number of hydrogen-bond donors (Lipinski definition) is 3. The van der Waals surface area contributed by atoms with Gasteiger partial charge in [0, 0.05) is 16.4 Å². The molecule has 4 aliphatic rings. The SMILES string of the molecule is C1=C(C2CCS2)c2ccccc2C1C1CCS1.CCCC.CCOP(=O)(N=C1SCS1)OCC.NP(=O)(O)O. The van der Waals surface area contributed by atoms with Crippen molar-refractivity contribution in [3.05, 3.63) is 41.5 Å². The maximum atomic E-state index is 11.8. The van der Waals surface area contributed by atoms with Crippen molar-refractivity contribution >= 4 is 72.5 Å². The molecule has 3 atom stereocenters. The Hall–Kier alpha value is 0.290. The molecule has 0 saturated carbocycles. The van der Waals surface area contributed by atoms with Crippen molar-refractivity contribution in [1.82, 2.24) is 0 Å². The number of unbranched alkanes of at least 4 members (excludes halogenated alkanes) is 1. The van der Waals surface area contributed by atoms with Crippen molar-refractivity contribution in [3.8, 4) is 0 Å². The Morgan fingerprint density at radius 1 is 0.974 bits per heavy atom. The largest absolute Gasteiger partial charge is 0.455 e. The predicted molar refractivity (Wildman–Crippen MR) is 174 cm³/mol. The van der Waals surface area contributed by atoms with Gasteiger partial charge >= 0.3 is 15.5 Å². The van der Waals surface area contributed by atoms with Gasteiger partial charge in [0.1, 0.15) is 4.38 Å². The topological polar surface area (TPSA) is 131 Å². The molecule has 1 aliphatic carbocycles. The quantitative estimate of drug-likeness (QED) is 0.235. The van der Waals surface area contributed by atoms with Crippen LogP contribution in [0.5, 0.6) is 0 Å². The van der Waals surface area contributed by atoms with Crippen LogP contribution in [0.3, 0.4) is 0 Å². The number of thioether (sulfide) groups is 4. The molecule has 4 N–H and O–H groups in total. The molecule has 0 radical (unpaired) electrons. The molecule has 3 aliphatic heterocycles. The van der Waals surface area contributed by atoms with Gasteiger partial charge in [-0.1, -0.05) is 80.6 Å². The van der Waals surface area contributed by atoms with Crippen LogP contribution >= 0.6 is 62.5 Å². The normalized spacial score (nSPS) is 23.0. The fourth-order valence-electron chi connectivity index (χ4n) is 3.72. The first-order valence-electron chi connectivity index (χ1n) is 13.2. The summed E-state index contributed by atoms with van der Waals surface area (Å²) in [5.41, 5.74) is 8.83. The zero-order chi connectivity index (χ0) is 28.9. The molecular weight excluding hydrogens is 614 g/mol. The maximum absolute atomic E-state index is 11.8. The van der Waals surface area contributed by atoms with E-state index in [1.54, 1.807) is 54.1 Å². The third-order valence-electron chi connectivity index (χ3n) is 5.82. The Labute approximate surface area is 250 Å². The third kappa shape index (κ3) is 12.6. The summed E-state index contributed by atoms with van der Waals surface area (Å²) >= 11 is 7.41. The lowest BCUT2D eigenvalue weighted by atomic mass is 9.95. The second-order valence-corrected chi connectivity index (χ2v) is 16.8. The van der Waals surface area contributed by atoms with Crippen LogP contribution in [0.15, 0.2) is 35.1 Å². The minimum Gasteiger partial charge on any atom is -0.313 e. The number of nitrogens with zero attached hydrogens (tertiary/aromatic N) is 1. The fourth-order valence-corrected chi connectivity index (χ4v) is 8.52. The van der Waals surface area contributed by atoms with Crippen LogP contribution in [0.1, 0.15) is 70.4 Å². The molecule has 0 aromatic heterocycles. The standard InChI is InChI=1S/C15H16S2.C6H12NO3PS2.C4H10.H4NO3P/c1-2-4-11-10(3-1)12(14-5-7-16-14)9-13(11)15-6-8-17-15;1-3-9-11(8,10-4-2)7-6-12-5-13-6;1-3-4-2;1-5(2,3)4/h1-4,9,12,14-15H,5-8H2;3-5H2,1-2H3;3-4H2,1-2H3;(H4,1,2,3,4). The van der Waals surface area contributed by atoms with E-state index in [1.165, 1.54) is 37.2 Å². The number of benzene rings is 1. The van der Waals surface area contributed by atoms with E-state index in [0.717, 1.165) is 20.0 Å². The molecule has 222 valence electrons. The highest BCUT2D eigenvalue weighted by molar-refractivity contribution is 8.52. The second-order valence-electron chi connectivity index (χ2n) is 8.75. The zero-order valence-corrected chi connectivity index (χ0v) is 28.1. The number of rotatable bonds is 8. The first-order valence-corrected chi connectivity index (χ1v) is 20.4. The molecule has 1 aromatic carbocycles. The summed E-state index contributed by atoms with van der Waals surface area (Å²) in [5, 5.41) is 2.63. The van der Waals surface area contributed by atoms with E-state index in [4.69, 9.17) is 23.4 Å². The monoisotopic (exact) mass is 656 g/mol. The van der Waals surface area contributed by atoms with Gasteiger partial charge in [-0.2, -0.15) is 28.3 Å². The van der Waals surface area contributed by atoms with Crippen LogP contribution in [0.2, 0.25) is 0 Å². The Kier molecular flexibility index (Phi) is 16.4. The van der Waals surface area contributed by atoms with E-state index in [2.05, 4.69) is 78.0 Å². The Morgan fingerprint density at radius 2 is 1.51 bits per heavy atom. The van der Waals surface area contributed by atoms with Crippen LogP contribution in [0, 0.1) is 0 Å². The van der Waals surface area contributed by atoms with Crippen LogP contribution in [0.4, 0.5) is 0 Å². The molecule has 5 rings (SSSR count). The Balaban J connectivity index is 0.000000215. The Morgan fingerprint density at radius 3 is 1.90 bits per heavy atom. The predicted octanol–water partition coefficient (Wildman–Crippen LogP) is 7.98. The van der Waals surface area contributed by atoms with E-state index in [1.807, 2.05) is 0 Å². The van der Waals surface area contributed by atoms with Crippen molar-refractivity contribution in [2.24, 2.45) is 10.3 Å². The van der Waals surface area contributed by atoms with Crippen molar-refractivity contribution in [2.75, 3.05) is 29.8 Å². The molecular formula is C25H42N2O6P2S4. The van der Waals surface area contributed by atoms with Crippen LogP contribution in [0.25, 0.3) is 5.57 Å². The van der Waals surface area contributed by atoms with Crippen molar-refractivity contribution < 1.29 is 28.0 Å². The van der Waals surface area contributed by atoms with E-state index in [-0.39, 0.29) is 0 Å². The molecule has 3 saturated heterocycles. The van der Waals surface area contributed by atoms with Gasteiger partial charge in [0.25, 0.3) is 0 Å². The van der Waals surface area contributed by atoms with Gasteiger partial charge in [0.05, 0.1) is 18.3 Å². The van der Waals surface area contributed by atoms with Crippen LogP contribution < -0.4 is 5.50 Å². The molecule has 39 heavy (non-hydrogen) atoms. The summed E-state index contributed by atoms with van der Waals surface area (Å²) in [4.78, 5) is 14.8. The summed E-state index contributed by atoms with van der Waals surface area (Å²) in [5.74, 6) is 3.43. The van der Waals surface area contributed by atoms with Gasteiger partial charge in [-0.15, -0.1) is 0 Å². The van der Waals surface area contributed by atoms with E-state index in [9.17, 15) is 4.57 Å². The lowest BCUT2D eigenvalue weighted by Gasteiger charge is -2.30. The average Bonchev–Trinajstić information content (AvgIpc) is 3.13. The van der Waals surface area contributed by atoms with Crippen molar-refractivity contribution in [1.29, 1.82) is 0 Å². The molecule has 0 bridgehead atoms. The highest BCUT2D eigenvalue weighted by Crippen LogP contribution is 2.53. The highest BCUT2D eigenvalue weighted by Gasteiger charge is 2.36. The first-order chi connectivity index (χ1) is 18.5. The molecule has 0 spiro atoms. The summed E-state index contributed by atoms with van der Waals surface area (Å²) < 4.78 is 35.6. The average molecular weight is 657 g/mol. The second kappa shape index (κ2) is 18.1. The smallest absolute Gasteiger partial charge is 0.313 e. The number of nitrogens with two attached hydrogens (primary N) is 1. The maximum Gasteiger partial charge on any atom is 0.455 e. The molecule has 3 fully saturated rings. The Bertz CT molecular complexity index is 1020. The van der Waals surface area contributed by atoms with E-state index in [0.29, 0.717) is 19.1 Å². The van der Waals surface area contributed by atoms with Gasteiger partial charge in [-0.25, -0.2) is 14.6 Å². The summed E-state index contributed by atoms with van der Waals surface area (Å²) in [6, 6.07) is 9.10. The lowest BCUT2D eigenvalue weighted by Crippen LogP contribution is -2.22. The molecule has 3 heterocycles.